The van der Waals surface area contributed by atoms with E-state index in [1.807, 2.05) is 24.3 Å². The molecule has 0 spiro atoms. The molecule has 1 aromatic carbocycles. The molecular formula is C24H39N5OS. The van der Waals surface area contributed by atoms with Crippen LogP contribution in [0.1, 0.15) is 54.9 Å². The van der Waals surface area contributed by atoms with Gasteiger partial charge in [0.05, 0.1) is 6.54 Å². The van der Waals surface area contributed by atoms with E-state index in [1.54, 1.807) is 19.0 Å². The Morgan fingerprint density at radius 2 is 1.77 bits per heavy atom. The molecule has 6 nitrogen and oxygen atoms in total. The van der Waals surface area contributed by atoms with Crippen molar-refractivity contribution >= 4 is 23.6 Å². The van der Waals surface area contributed by atoms with Crippen LogP contribution in [0.3, 0.4) is 0 Å². The maximum Gasteiger partial charge on any atom is 0.253 e. The topological polar surface area (TPSA) is 60.0 Å². The molecule has 2 aliphatic rings. The van der Waals surface area contributed by atoms with Crippen LogP contribution in [0.25, 0.3) is 0 Å². The molecule has 1 saturated carbocycles. The van der Waals surface area contributed by atoms with E-state index in [-0.39, 0.29) is 11.4 Å². The maximum absolute atomic E-state index is 12.1. The van der Waals surface area contributed by atoms with E-state index < -0.39 is 0 Å². The van der Waals surface area contributed by atoms with Gasteiger partial charge in [-0.05, 0) is 37.5 Å². The predicted molar refractivity (Wildman–Crippen MR) is 132 cm³/mol. The molecule has 1 amide bonds. The van der Waals surface area contributed by atoms with Gasteiger partial charge in [-0.1, -0.05) is 31.4 Å². The van der Waals surface area contributed by atoms with E-state index in [0.29, 0.717) is 12.1 Å². The summed E-state index contributed by atoms with van der Waals surface area (Å²) in [7, 11) is 3.55. The molecular weight excluding hydrogens is 406 g/mol. The molecule has 1 saturated heterocycles. The van der Waals surface area contributed by atoms with Crippen LogP contribution in [-0.4, -0.2) is 79.0 Å². The largest absolute Gasteiger partial charge is 0.357 e. The van der Waals surface area contributed by atoms with Crippen molar-refractivity contribution in [2.75, 3.05) is 51.8 Å². The fraction of sp³-hybridized carbons (Fsp3) is 0.667. The van der Waals surface area contributed by atoms with Crippen LogP contribution >= 0.6 is 11.8 Å². The van der Waals surface area contributed by atoms with Crippen LogP contribution in [0.15, 0.2) is 29.3 Å². The van der Waals surface area contributed by atoms with E-state index >= 15 is 0 Å². The number of nitrogens with one attached hydrogen (secondary N) is 2. The quantitative estimate of drug-likeness (QED) is 0.499. The molecule has 2 N–H and O–H groups in total. The zero-order valence-corrected chi connectivity index (χ0v) is 20.3. The molecule has 1 aliphatic carbocycles. The zero-order chi connectivity index (χ0) is 22.1. The summed E-state index contributed by atoms with van der Waals surface area (Å²) in [6.45, 7) is 6.92. The number of guanidine groups is 1. The van der Waals surface area contributed by atoms with Crippen LogP contribution in [-0.2, 0) is 6.54 Å². The highest BCUT2D eigenvalue weighted by Crippen LogP contribution is 2.34. The molecule has 0 aromatic heterocycles. The zero-order valence-electron chi connectivity index (χ0n) is 19.5. The number of thioether (sulfide) groups is 1. The highest BCUT2D eigenvalue weighted by Gasteiger charge is 2.38. The fourth-order valence-corrected chi connectivity index (χ4v) is 5.53. The highest BCUT2D eigenvalue weighted by molar-refractivity contribution is 7.99. The number of amides is 1. The van der Waals surface area contributed by atoms with E-state index in [4.69, 9.17) is 4.99 Å². The molecule has 0 atom stereocenters. The van der Waals surface area contributed by atoms with Gasteiger partial charge < -0.3 is 15.5 Å². The van der Waals surface area contributed by atoms with Gasteiger partial charge in [-0.25, -0.2) is 4.99 Å². The van der Waals surface area contributed by atoms with E-state index in [2.05, 4.69) is 34.2 Å². The second kappa shape index (κ2) is 11.8. The van der Waals surface area contributed by atoms with Crippen LogP contribution in [0.5, 0.6) is 0 Å². The monoisotopic (exact) mass is 445 g/mol. The number of hydrogen-bond donors (Lipinski definition) is 2. The van der Waals surface area contributed by atoms with E-state index in [1.165, 1.54) is 56.7 Å². The summed E-state index contributed by atoms with van der Waals surface area (Å²) < 4.78 is 0. The Balaban J connectivity index is 1.63. The smallest absolute Gasteiger partial charge is 0.253 e. The SMILES string of the molecule is CCNC(=NCc1ccc(C(=O)N(C)C)cc1)NCC1(N2CCSCC2)CCCCC1. The summed E-state index contributed by atoms with van der Waals surface area (Å²) in [6.07, 6.45) is 6.59. The van der Waals surface area contributed by atoms with Crippen molar-refractivity contribution in [1.29, 1.82) is 0 Å². The minimum atomic E-state index is 0.0268. The van der Waals surface area contributed by atoms with Crippen LogP contribution in [0, 0.1) is 0 Å². The minimum Gasteiger partial charge on any atom is -0.357 e. The molecule has 0 bridgehead atoms. The number of hydrogen-bond acceptors (Lipinski definition) is 4. The minimum absolute atomic E-state index is 0.0268. The molecule has 0 radical (unpaired) electrons. The molecule has 1 heterocycles. The Bertz CT molecular complexity index is 722. The maximum atomic E-state index is 12.1. The van der Waals surface area contributed by atoms with Gasteiger partial charge in [0, 0.05) is 62.9 Å². The van der Waals surface area contributed by atoms with Gasteiger partial charge in [0.1, 0.15) is 0 Å². The van der Waals surface area contributed by atoms with Crippen molar-refractivity contribution in [1.82, 2.24) is 20.4 Å². The molecule has 172 valence electrons. The standard InChI is InChI=1S/C24H39N5OS/c1-4-25-23(26-18-20-8-10-21(11-9-20)22(30)28(2)3)27-19-24(12-6-5-7-13-24)29-14-16-31-17-15-29/h8-11H,4-7,12-19H2,1-3H3,(H2,25,26,27). The van der Waals surface area contributed by atoms with Gasteiger partial charge in [-0.3, -0.25) is 9.69 Å². The lowest BCUT2D eigenvalue weighted by atomic mass is 9.80. The number of nitrogens with zero attached hydrogens (tertiary/aromatic N) is 3. The first kappa shape index (κ1) is 23.9. The number of carbonyl (C=O) groups excluding carboxylic acids is 1. The van der Waals surface area contributed by atoms with Crippen LogP contribution in [0.4, 0.5) is 0 Å². The average molecular weight is 446 g/mol. The van der Waals surface area contributed by atoms with Gasteiger partial charge >= 0.3 is 0 Å². The fourth-order valence-electron chi connectivity index (χ4n) is 4.62. The Morgan fingerprint density at radius 1 is 1.10 bits per heavy atom. The van der Waals surface area contributed by atoms with Crippen LogP contribution in [0.2, 0.25) is 0 Å². The Kier molecular flexibility index (Phi) is 9.08. The van der Waals surface area contributed by atoms with Crippen molar-refractivity contribution < 1.29 is 4.79 Å². The van der Waals surface area contributed by atoms with Crippen molar-refractivity contribution in [3.05, 3.63) is 35.4 Å². The molecule has 1 aromatic rings. The second-order valence-corrected chi connectivity index (χ2v) is 10.1. The first-order valence-corrected chi connectivity index (χ1v) is 12.8. The number of benzene rings is 1. The molecule has 7 heteroatoms. The third kappa shape index (κ3) is 6.62. The molecule has 1 aliphatic heterocycles. The number of rotatable bonds is 7. The Hall–Kier alpha value is -1.73. The Labute approximate surface area is 192 Å². The number of aliphatic imine (C=N–C) groups is 1. The van der Waals surface area contributed by atoms with Crippen molar-refractivity contribution in [2.24, 2.45) is 4.99 Å². The average Bonchev–Trinajstić information content (AvgIpc) is 2.82. The normalized spacial score (nSPS) is 19.6. The third-order valence-corrected chi connectivity index (χ3v) is 7.36. The first-order valence-electron chi connectivity index (χ1n) is 11.7. The van der Waals surface area contributed by atoms with Gasteiger partial charge in [0.25, 0.3) is 5.91 Å². The highest BCUT2D eigenvalue weighted by atomic mass is 32.2. The summed E-state index contributed by atoms with van der Waals surface area (Å²) in [5, 5.41) is 7.09. The lowest BCUT2D eigenvalue weighted by Gasteiger charge is -2.48. The summed E-state index contributed by atoms with van der Waals surface area (Å²) in [5.41, 5.74) is 2.08. The van der Waals surface area contributed by atoms with Gasteiger partial charge in [0.2, 0.25) is 0 Å². The predicted octanol–water partition coefficient (Wildman–Crippen LogP) is 3.20. The molecule has 2 fully saturated rings. The van der Waals surface area contributed by atoms with E-state index in [0.717, 1.165) is 24.6 Å². The van der Waals surface area contributed by atoms with E-state index in [9.17, 15) is 4.79 Å². The van der Waals surface area contributed by atoms with Crippen molar-refractivity contribution in [3.8, 4) is 0 Å². The molecule has 31 heavy (non-hydrogen) atoms. The van der Waals surface area contributed by atoms with Crippen LogP contribution < -0.4 is 10.6 Å². The summed E-state index contributed by atoms with van der Waals surface area (Å²) in [4.78, 5) is 21.3. The lowest BCUT2D eigenvalue weighted by Crippen LogP contribution is -2.59. The molecule has 3 rings (SSSR count). The number of carbonyl (C=O) groups is 1. The second-order valence-electron chi connectivity index (χ2n) is 8.83. The summed E-state index contributed by atoms with van der Waals surface area (Å²) >= 11 is 2.08. The first-order chi connectivity index (χ1) is 15.0. The summed E-state index contributed by atoms with van der Waals surface area (Å²) in [6, 6.07) is 7.77. The lowest BCUT2D eigenvalue weighted by molar-refractivity contribution is 0.0626. The van der Waals surface area contributed by atoms with Crippen molar-refractivity contribution in [3.63, 3.8) is 0 Å². The van der Waals surface area contributed by atoms with Gasteiger partial charge in [-0.2, -0.15) is 11.8 Å². The summed E-state index contributed by atoms with van der Waals surface area (Å²) in [5.74, 6) is 3.41. The van der Waals surface area contributed by atoms with Crippen molar-refractivity contribution in [2.45, 2.75) is 51.1 Å². The molecule has 0 unspecified atom stereocenters. The van der Waals surface area contributed by atoms with Gasteiger partial charge in [-0.15, -0.1) is 0 Å². The third-order valence-electron chi connectivity index (χ3n) is 6.42. The van der Waals surface area contributed by atoms with Gasteiger partial charge in [0.15, 0.2) is 5.96 Å². The Morgan fingerprint density at radius 3 is 2.39 bits per heavy atom.